The fourth-order valence-electron chi connectivity index (χ4n) is 2.37. The predicted molar refractivity (Wildman–Crippen MR) is 88.4 cm³/mol. The van der Waals surface area contributed by atoms with Gasteiger partial charge in [-0.25, -0.2) is 9.97 Å². The third kappa shape index (κ3) is 3.29. The molecule has 5 heteroatoms. The van der Waals surface area contributed by atoms with Crippen molar-refractivity contribution in [1.82, 2.24) is 14.9 Å². The van der Waals surface area contributed by atoms with Gasteiger partial charge in [-0.1, -0.05) is 12.1 Å². The second-order valence-electron chi connectivity index (χ2n) is 5.76. The molecule has 0 unspecified atom stereocenters. The molecule has 1 aromatic carbocycles. The van der Waals surface area contributed by atoms with Crippen LogP contribution in [0.25, 0.3) is 11.0 Å². The molecule has 5 nitrogen and oxygen atoms in total. The standard InChI is InChI=1S/C16H24N5/c1-19(2)15(20(3)4)11-14-16(21(5)6)18-13-10-8-7-9-12(13)17-14/h7-10H,11H2,1-6H3/q+1. The Morgan fingerprint density at radius 3 is 2.05 bits per heavy atom. The number of para-hydroxylation sites is 2. The van der Waals surface area contributed by atoms with Gasteiger partial charge in [0.1, 0.15) is 0 Å². The van der Waals surface area contributed by atoms with Crippen molar-refractivity contribution in [1.29, 1.82) is 0 Å². The van der Waals surface area contributed by atoms with Crippen LogP contribution in [0, 0.1) is 0 Å². The van der Waals surface area contributed by atoms with E-state index >= 15 is 0 Å². The molecule has 1 heterocycles. The Labute approximate surface area is 126 Å². The first kappa shape index (κ1) is 15.2. The van der Waals surface area contributed by atoms with Gasteiger partial charge < -0.3 is 4.90 Å². The third-order valence-corrected chi connectivity index (χ3v) is 3.40. The molecule has 0 fully saturated rings. The Hall–Kier alpha value is -2.17. The number of amidine groups is 1. The average Bonchev–Trinajstić information content (AvgIpc) is 2.42. The molecule has 0 spiro atoms. The zero-order chi connectivity index (χ0) is 15.6. The monoisotopic (exact) mass is 286 g/mol. The van der Waals surface area contributed by atoms with Crippen LogP contribution >= 0.6 is 0 Å². The first-order valence-corrected chi connectivity index (χ1v) is 7.03. The fraction of sp³-hybridized carbons (Fsp3) is 0.438. The van der Waals surface area contributed by atoms with Crippen molar-refractivity contribution in [3.8, 4) is 0 Å². The van der Waals surface area contributed by atoms with Crippen molar-refractivity contribution in [3.05, 3.63) is 30.0 Å². The summed E-state index contributed by atoms with van der Waals surface area (Å²) in [5.74, 6) is 2.12. The molecule has 0 saturated heterocycles. The number of nitrogens with zero attached hydrogens (tertiary/aromatic N) is 5. The van der Waals surface area contributed by atoms with Crippen LogP contribution in [0.5, 0.6) is 0 Å². The summed E-state index contributed by atoms with van der Waals surface area (Å²) >= 11 is 0. The number of fused-ring (bicyclic) bond motifs is 1. The maximum atomic E-state index is 4.82. The average molecular weight is 286 g/mol. The molecule has 0 radical (unpaired) electrons. The number of benzene rings is 1. The molecule has 0 N–H and O–H groups in total. The van der Waals surface area contributed by atoms with Crippen LogP contribution in [0.15, 0.2) is 24.3 Å². The lowest BCUT2D eigenvalue weighted by atomic mass is 10.2. The summed E-state index contributed by atoms with van der Waals surface area (Å²) in [6.45, 7) is 0. The minimum absolute atomic E-state index is 0.755. The number of anilines is 1. The molecule has 0 amide bonds. The zero-order valence-corrected chi connectivity index (χ0v) is 13.8. The maximum absolute atomic E-state index is 4.82. The summed E-state index contributed by atoms with van der Waals surface area (Å²) in [4.78, 5) is 13.7. The van der Waals surface area contributed by atoms with Crippen LogP contribution in [-0.2, 0) is 6.42 Å². The Balaban J connectivity index is 2.56. The van der Waals surface area contributed by atoms with E-state index in [1.807, 2.05) is 43.3 Å². The van der Waals surface area contributed by atoms with Crippen molar-refractivity contribution < 1.29 is 4.58 Å². The largest absolute Gasteiger partial charge is 0.361 e. The summed E-state index contributed by atoms with van der Waals surface area (Å²) in [7, 11) is 12.2. The minimum Gasteiger partial charge on any atom is -0.361 e. The molecule has 112 valence electrons. The second kappa shape index (κ2) is 6.08. The van der Waals surface area contributed by atoms with E-state index < -0.39 is 0 Å². The van der Waals surface area contributed by atoms with Crippen LogP contribution in [0.1, 0.15) is 5.69 Å². The van der Waals surface area contributed by atoms with Gasteiger partial charge in [0, 0.05) is 14.1 Å². The second-order valence-corrected chi connectivity index (χ2v) is 5.76. The summed E-state index contributed by atoms with van der Waals surface area (Å²) in [5, 5.41) is 0. The highest BCUT2D eigenvalue weighted by Gasteiger charge is 2.19. The molecular weight excluding hydrogens is 262 g/mol. The van der Waals surface area contributed by atoms with Crippen LogP contribution in [0.2, 0.25) is 0 Å². The lowest BCUT2D eigenvalue weighted by Gasteiger charge is -2.18. The van der Waals surface area contributed by atoms with Crippen LogP contribution in [0.3, 0.4) is 0 Å². The Bertz CT molecular complexity index is 669. The molecule has 2 rings (SSSR count). The Kier molecular flexibility index (Phi) is 4.40. The van der Waals surface area contributed by atoms with Gasteiger partial charge in [0.15, 0.2) is 5.82 Å². The summed E-state index contributed by atoms with van der Waals surface area (Å²) in [6, 6.07) is 8.00. The van der Waals surface area contributed by atoms with Crippen molar-refractivity contribution in [2.75, 3.05) is 47.2 Å². The van der Waals surface area contributed by atoms with E-state index in [0.29, 0.717) is 0 Å². The molecule has 21 heavy (non-hydrogen) atoms. The van der Waals surface area contributed by atoms with Gasteiger partial charge in [-0.05, 0) is 12.1 Å². The Morgan fingerprint density at radius 2 is 1.57 bits per heavy atom. The molecule has 0 saturated carbocycles. The predicted octanol–water partition coefficient (Wildman–Crippen LogP) is 1.47. The fourth-order valence-corrected chi connectivity index (χ4v) is 2.37. The summed E-state index contributed by atoms with van der Waals surface area (Å²) in [5.41, 5.74) is 2.87. The smallest absolute Gasteiger partial charge is 0.252 e. The van der Waals surface area contributed by atoms with Gasteiger partial charge in [-0.15, -0.1) is 0 Å². The maximum Gasteiger partial charge on any atom is 0.252 e. The highest BCUT2D eigenvalue weighted by atomic mass is 15.2. The Morgan fingerprint density at radius 1 is 1.00 bits per heavy atom. The molecule has 0 aliphatic heterocycles. The molecule has 0 bridgehead atoms. The van der Waals surface area contributed by atoms with E-state index in [2.05, 4.69) is 37.7 Å². The van der Waals surface area contributed by atoms with Crippen molar-refractivity contribution >= 4 is 22.7 Å². The van der Waals surface area contributed by atoms with Gasteiger partial charge in [0.2, 0.25) is 0 Å². The van der Waals surface area contributed by atoms with Crippen LogP contribution < -0.4 is 4.90 Å². The van der Waals surface area contributed by atoms with Gasteiger partial charge in [0.05, 0.1) is 51.3 Å². The van der Waals surface area contributed by atoms with Crippen molar-refractivity contribution in [3.63, 3.8) is 0 Å². The highest BCUT2D eigenvalue weighted by Crippen LogP contribution is 2.19. The number of aromatic nitrogens is 2. The van der Waals surface area contributed by atoms with E-state index in [1.165, 1.54) is 5.84 Å². The quantitative estimate of drug-likeness (QED) is 0.486. The van der Waals surface area contributed by atoms with E-state index in [0.717, 1.165) is 29.0 Å². The summed E-state index contributed by atoms with van der Waals surface area (Å²) in [6.07, 6.45) is 0.755. The normalized spacial score (nSPS) is 10.6. The summed E-state index contributed by atoms with van der Waals surface area (Å²) < 4.78 is 2.12. The highest BCUT2D eigenvalue weighted by molar-refractivity contribution is 5.82. The molecule has 0 aliphatic carbocycles. The topological polar surface area (TPSA) is 35.3 Å². The van der Waals surface area contributed by atoms with Crippen LogP contribution in [-0.4, -0.2) is 67.6 Å². The lowest BCUT2D eigenvalue weighted by Crippen LogP contribution is -2.32. The SMILES string of the molecule is CN(C)C(Cc1nc2ccccc2nc1N(C)C)=[N+](C)C. The molecule has 2 aromatic rings. The lowest BCUT2D eigenvalue weighted by molar-refractivity contribution is -0.470. The zero-order valence-electron chi connectivity index (χ0n) is 13.8. The number of hydrogen-bond donors (Lipinski definition) is 0. The number of rotatable bonds is 3. The first-order valence-electron chi connectivity index (χ1n) is 7.03. The van der Waals surface area contributed by atoms with Gasteiger partial charge in [-0.3, -0.25) is 9.48 Å². The molecule has 0 atom stereocenters. The van der Waals surface area contributed by atoms with Crippen LogP contribution in [0.4, 0.5) is 5.82 Å². The van der Waals surface area contributed by atoms with Gasteiger partial charge in [0.25, 0.3) is 5.84 Å². The van der Waals surface area contributed by atoms with E-state index in [-0.39, 0.29) is 0 Å². The number of hydrogen-bond acceptors (Lipinski definition) is 3. The van der Waals surface area contributed by atoms with Gasteiger partial charge in [-0.2, -0.15) is 0 Å². The van der Waals surface area contributed by atoms with E-state index in [9.17, 15) is 0 Å². The minimum atomic E-state index is 0.755. The van der Waals surface area contributed by atoms with Crippen molar-refractivity contribution in [2.45, 2.75) is 6.42 Å². The van der Waals surface area contributed by atoms with E-state index in [4.69, 9.17) is 9.97 Å². The molecule has 0 aliphatic rings. The first-order chi connectivity index (χ1) is 9.90. The van der Waals surface area contributed by atoms with Crippen molar-refractivity contribution in [2.24, 2.45) is 0 Å². The third-order valence-electron chi connectivity index (χ3n) is 3.40. The molecule has 1 aromatic heterocycles. The number of likely N-dealkylation sites (N-methyl/N-ethyl adjacent to an activating group) is 1. The van der Waals surface area contributed by atoms with E-state index in [1.54, 1.807) is 0 Å². The molecular formula is C16H24N5+. The van der Waals surface area contributed by atoms with Gasteiger partial charge >= 0.3 is 0 Å².